The Balaban J connectivity index is 2.43. The Morgan fingerprint density at radius 3 is 2.35 bits per heavy atom. The van der Waals surface area contributed by atoms with Crippen LogP contribution in [0.25, 0.3) is 0 Å². The van der Waals surface area contributed by atoms with Crippen LogP contribution in [0, 0.1) is 5.41 Å². The summed E-state index contributed by atoms with van der Waals surface area (Å²) in [4.78, 5) is 11.8. The highest BCUT2D eigenvalue weighted by atomic mass is 16.6. The minimum atomic E-state index is -0.468. The highest BCUT2D eigenvalue weighted by Crippen LogP contribution is 2.21. The van der Waals surface area contributed by atoms with Gasteiger partial charge in [-0.15, -0.1) is 0 Å². The lowest BCUT2D eigenvalue weighted by atomic mass is 9.94. The number of carbonyl (C=O) groups excluding carboxylic acids is 1. The summed E-state index contributed by atoms with van der Waals surface area (Å²) in [5, 5.41) is 15.7. The molecule has 1 aliphatic carbocycles. The molecule has 0 spiro atoms. The van der Waals surface area contributed by atoms with E-state index >= 15 is 0 Å². The van der Waals surface area contributed by atoms with Crippen molar-refractivity contribution in [2.24, 2.45) is 5.41 Å². The lowest BCUT2D eigenvalue weighted by molar-refractivity contribution is 0.0496. The van der Waals surface area contributed by atoms with Crippen LogP contribution >= 0.6 is 0 Å². The molecule has 2 unspecified atom stereocenters. The van der Waals surface area contributed by atoms with Gasteiger partial charge < -0.3 is 20.5 Å². The Kier molecular flexibility index (Phi) is 5.83. The molecule has 1 saturated carbocycles. The van der Waals surface area contributed by atoms with E-state index in [2.05, 4.69) is 10.6 Å². The minimum Gasteiger partial charge on any atom is -0.444 e. The van der Waals surface area contributed by atoms with Crippen LogP contribution in [0.15, 0.2) is 0 Å². The number of amides is 1. The Hall–Kier alpha value is -0.810. The van der Waals surface area contributed by atoms with Crippen LogP contribution in [0.2, 0.25) is 0 Å². The number of nitrogens with one attached hydrogen (secondary N) is 2. The molecule has 2 atom stereocenters. The van der Waals surface area contributed by atoms with Crippen molar-refractivity contribution in [1.82, 2.24) is 10.6 Å². The minimum absolute atomic E-state index is 0.111. The average Bonchev–Trinajstić information content (AvgIpc) is 2.71. The first kappa shape index (κ1) is 17.2. The Bertz CT molecular complexity index is 324. The maximum absolute atomic E-state index is 11.8. The molecule has 5 nitrogen and oxygen atoms in total. The average molecular weight is 286 g/mol. The van der Waals surface area contributed by atoms with Crippen molar-refractivity contribution in [3.63, 3.8) is 0 Å². The molecule has 3 N–H and O–H groups in total. The first-order valence-corrected chi connectivity index (χ1v) is 7.47. The van der Waals surface area contributed by atoms with Crippen molar-refractivity contribution in [2.75, 3.05) is 13.2 Å². The third-order valence-corrected chi connectivity index (χ3v) is 3.49. The zero-order valence-electron chi connectivity index (χ0n) is 13.5. The number of aliphatic hydroxyl groups is 1. The molecule has 20 heavy (non-hydrogen) atoms. The number of ether oxygens (including phenoxy) is 1. The number of carbonyl (C=O) groups is 1. The van der Waals surface area contributed by atoms with E-state index in [1.54, 1.807) is 0 Å². The van der Waals surface area contributed by atoms with Gasteiger partial charge in [-0.1, -0.05) is 13.8 Å². The van der Waals surface area contributed by atoms with Crippen LogP contribution in [0.4, 0.5) is 4.79 Å². The van der Waals surface area contributed by atoms with E-state index in [4.69, 9.17) is 4.74 Å². The Morgan fingerprint density at radius 1 is 1.20 bits per heavy atom. The van der Waals surface area contributed by atoms with E-state index in [-0.39, 0.29) is 30.2 Å². The van der Waals surface area contributed by atoms with Gasteiger partial charge in [-0.3, -0.25) is 0 Å². The number of hydrogen-bond donors (Lipinski definition) is 3. The predicted octanol–water partition coefficient (Wildman–Crippen LogP) is 2.04. The Labute approximate surface area is 122 Å². The van der Waals surface area contributed by atoms with Gasteiger partial charge in [-0.25, -0.2) is 4.79 Å². The van der Waals surface area contributed by atoms with Crippen molar-refractivity contribution >= 4 is 6.09 Å². The maximum atomic E-state index is 11.8. The molecule has 1 fully saturated rings. The summed E-state index contributed by atoms with van der Waals surface area (Å²) in [5.74, 6) is 0. The summed E-state index contributed by atoms with van der Waals surface area (Å²) < 4.78 is 5.30. The molecular weight excluding hydrogens is 256 g/mol. The van der Waals surface area contributed by atoms with Gasteiger partial charge in [0, 0.05) is 30.7 Å². The second-order valence-electron chi connectivity index (χ2n) is 7.49. The van der Waals surface area contributed by atoms with Crippen molar-refractivity contribution in [3.8, 4) is 0 Å². The van der Waals surface area contributed by atoms with Gasteiger partial charge in [0.1, 0.15) is 5.60 Å². The molecule has 118 valence electrons. The van der Waals surface area contributed by atoms with Gasteiger partial charge in [0.2, 0.25) is 0 Å². The van der Waals surface area contributed by atoms with Crippen LogP contribution in [-0.2, 0) is 4.74 Å². The topological polar surface area (TPSA) is 70.6 Å². The predicted molar refractivity (Wildman–Crippen MR) is 79.7 cm³/mol. The van der Waals surface area contributed by atoms with Gasteiger partial charge in [-0.05, 0) is 40.0 Å². The first-order chi connectivity index (χ1) is 9.13. The first-order valence-electron chi connectivity index (χ1n) is 7.47. The third kappa shape index (κ3) is 6.09. The molecule has 0 heterocycles. The zero-order valence-corrected chi connectivity index (χ0v) is 13.5. The standard InChI is InChI=1S/C15H30N2O3/c1-14(2,3)20-13(19)17-12-8-6-7-11(12)16-9-15(4,5)10-18/h11-12,16,18H,6-10H2,1-5H3,(H,17,19). The zero-order chi connectivity index (χ0) is 15.4. The molecule has 0 aromatic carbocycles. The van der Waals surface area contributed by atoms with Crippen LogP contribution < -0.4 is 10.6 Å². The van der Waals surface area contributed by atoms with E-state index in [9.17, 15) is 9.90 Å². The van der Waals surface area contributed by atoms with E-state index in [1.807, 2.05) is 34.6 Å². The fourth-order valence-electron chi connectivity index (χ4n) is 2.30. The molecule has 0 aromatic rings. The fourth-order valence-corrected chi connectivity index (χ4v) is 2.30. The van der Waals surface area contributed by atoms with Crippen molar-refractivity contribution in [3.05, 3.63) is 0 Å². The molecule has 1 amide bonds. The summed E-state index contributed by atoms with van der Waals surface area (Å²) in [5.41, 5.74) is -0.608. The fraction of sp³-hybridized carbons (Fsp3) is 0.933. The number of rotatable bonds is 5. The van der Waals surface area contributed by atoms with Crippen LogP contribution in [0.5, 0.6) is 0 Å². The summed E-state index contributed by atoms with van der Waals surface area (Å²) >= 11 is 0. The largest absolute Gasteiger partial charge is 0.444 e. The molecule has 0 radical (unpaired) electrons. The molecular formula is C15H30N2O3. The van der Waals surface area contributed by atoms with Crippen molar-refractivity contribution in [2.45, 2.75) is 71.6 Å². The second-order valence-corrected chi connectivity index (χ2v) is 7.49. The van der Waals surface area contributed by atoms with Gasteiger partial charge in [0.05, 0.1) is 0 Å². The van der Waals surface area contributed by atoms with Gasteiger partial charge in [0.25, 0.3) is 0 Å². The van der Waals surface area contributed by atoms with Crippen LogP contribution in [0.1, 0.15) is 53.9 Å². The van der Waals surface area contributed by atoms with Crippen LogP contribution in [0.3, 0.4) is 0 Å². The quantitative estimate of drug-likeness (QED) is 0.723. The van der Waals surface area contributed by atoms with Crippen LogP contribution in [-0.4, -0.2) is 42.0 Å². The molecule has 0 aliphatic heterocycles. The summed E-state index contributed by atoms with van der Waals surface area (Å²) in [6, 6.07) is 0.368. The molecule has 0 bridgehead atoms. The monoisotopic (exact) mass is 286 g/mol. The molecule has 5 heteroatoms. The molecule has 1 rings (SSSR count). The number of aliphatic hydroxyl groups excluding tert-OH is 1. The Morgan fingerprint density at radius 2 is 1.80 bits per heavy atom. The summed E-state index contributed by atoms with van der Waals surface area (Å²) in [6.45, 7) is 10.5. The van der Waals surface area contributed by atoms with E-state index < -0.39 is 5.60 Å². The highest BCUT2D eigenvalue weighted by molar-refractivity contribution is 5.68. The lowest BCUT2D eigenvalue weighted by Crippen LogP contribution is -2.50. The molecule has 0 saturated heterocycles. The molecule has 0 aromatic heterocycles. The van der Waals surface area contributed by atoms with Crippen molar-refractivity contribution < 1.29 is 14.6 Å². The summed E-state index contributed by atoms with van der Waals surface area (Å²) in [6.07, 6.45) is 2.76. The normalized spacial score (nSPS) is 23.7. The highest BCUT2D eigenvalue weighted by Gasteiger charge is 2.31. The van der Waals surface area contributed by atoms with E-state index in [0.717, 1.165) is 25.8 Å². The SMILES string of the molecule is CC(C)(CO)CNC1CCCC1NC(=O)OC(C)(C)C. The van der Waals surface area contributed by atoms with E-state index in [1.165, 1.54) is 0 Å². The van der Waals surface area contributed by atoms with Crippen molar-refractivity contribution in [1.29, 1.82) is 0 Å². The smallest absolute Gasteiger partial charge is 0.407 e. The van der Waals surface area contributed by atoms with E-state index in [0.29, 0.717) is 0 Å². The number of hydrogen-bond acceptors (Lipinski definition) is 4. The third-order valence-electron chi connectivity index (χ3n) is 3.49. The lowest BCUT2D eigenvalue weighted by Gasteiger charge is -2.29. The second kappa shape index (κ2) is 6.76. The number of alkyl carbamates (subject to hydrolysis) is 1. The summed E-state index contributed by atoms with van der Waals surface area (Å²) in [7, 11) is 0. The van der Waals surface area contributed by atoms with Gasteiger partial charge in [0.15, 0.2) is 0 Å². The molecule has 1 aliphatic rings. The van der Waals surface area contributed by atoms with Gasteiger partial charge in [-0.2, -0.15) is 0 Å². The van der Waals surface area contributed by atoms with Gasteiger partial charge >= 0.3 is 6.09 Å². The maximum Gasteiger partial charge on any atom is 0.407 e.